The van der Waals surface area contributed by atoms with Gasteiger partial charge in [-0.2, -0.15) is 0 Å². The van der Waals surface area contributed by atoms with Crippen molar-refractivity contribution in [3.8, 4) is 16.9 Å². The average Bonchev–Trinajstić information content (AvgIpc) is 3.69. The number of hydrogen-bond donors (Lipinski definition) is 0. The SMILES string of the molecule is Cc1cnc(-c2cccc(S(C)(=O)=O)c2F)c(F)c1-n1c(C)cc([C@@H]2CC2c2cncc(C(F)F)c2)c(Cl)c1=O. The minimum Gasteiger partial charge on any atom is -0.277 e. The van der Waals surface area contributed by atoms with E-state index in [2.05, 4.69) is 9.97 Å². The van der Waals surface area contributed by atoms with Gasteiger partial charge in [-0.1, -0.05) is 17.7 Å². The standard InChI is InChI=1S/C28H22ClF4N3O3S/c1-13-10-35-25(17-5-4-6-21(23(17)30)40(3,38)39)24(31)26(13)36-14(2)7-20(22(29)28(36)37)19-9-18(19)15-8-16(27(32)33)12-34-11-15/h4-8,10-12,18-19,27H,9H2,1-3H3/t18?,19-/m1/s1. The maximum absolute atomic E-state index is 16.0. The summed E-state index contributed by atoms with van der Waals surface area (Å²) in [6.45, 7) is 3.10. The monoisotopic (exact) mass is 591 g/mol. The van der Waals surface area contributed by atoms with Gasteiger partial charge in [0.05, 0.1) is 5.69 Å². The van der Waals surface area contributed by atoms with Crippen molar-refractivity contribution < 1.29 is 26.0 Å². The molecule has 208 valence electrons. The van der Waals surface area contributed by atoms with Crippen LogP contribution >= 0.6 is 11.6 Å². The smallest absolute Gasteiger partial charge is 0.274 e. The third kappa shape index (κ3) is 4.81. The predicted molar refractivity (Wildman–Crippen MR) is 142 cm³/mol. The lowest BCUT2D eigenvalue weighted by molar-refractivity contribution is 0.151. The number of hydrogen-bond acceptors (Lipinski definition) is 5. The maximum Gasteiger partial charge on any atom is 0.274 e. The van der Waals surface area contributed by atoms with Crippen molar-refractivity contribution in [1.82, 2.24) is 14.5 Å². The number of rotatable bonds is 6. The molecule has 6 nitrogen and oxygen atoms in total. The third-order valence-electron chi connectivity index (χ3n) is 7.03. The van der Waals surface area contributed by atoms with E-state index < -0.39 is 44.0 Å². The summed E-state index contributed by atoms with van der Waals surface area (Å²) < 4.78 is 82.5. The molecular formula is C28H22ClF4N3O3S. The molecule has 0 aliphatic heterocycles. The van der Waals surface area contributed by atoms with Crippen LogP contribution in [-0.2, 0) is 9.84 Å². The number of pyridine rings is 3. The average molecular weight is 592 g/mol. The fraction of sp³-hybridized carbons (Fsp3) is 0.250. The summed E-state index contributed by atoms with van der Waals surface area (Å²) in [5, 5.41) is -0.154. The largest absolute Gasteiger partial charge is 0.277 e. The van der Waals surface area contributed by atoms with Gasteiger partial charge in [0.25, 0.3) is 12.0 Å². The zero-order chi connectivity index (χ0) is 29.1. The van der Waals surface area contributed by atoms with Gasteiger partial charge in [0.1, 0.15) is 15.6 Å². The Morgan fingerprint density at radius 2 is 1.77 bits per heavy atom. The number of aryl methyl sites for hydroxylation is 2. The van der Waals surface area contributed by atoms with Crippen molar-refractivity contribution in [3.63, 3.8) is 0 Å². The Hall–Kier alpha value is -3.57. The van der Waals surface area contributed by atoms with E-state index in [1.54, 1.807) is 13.0 Å². The summed E-state index contributed by atoms with van der Waals surface area (Å²) in [6.07, 6.45) is 2.61. The summed E-state index contributed by atoms with van der Waals surface area (Å²) in [4.78, 5) is 20.8. The minimum absolute atomic E-state index is 0.154. The molecule has 1 aliphatic carbocycles. The first kappa shape index (κ1) is 28.0. The quantitative estimate of drug-likeness (QED) is 0.241. The molecule has 5 rings (SSSR count). The molecule has 0 bridgehead atoms. The molecule has 40 heavy (non-hydrogen) atoms. The second-order valence-corrected chi connectivity index (χ2v) is 12.2. The number of nitrogens with zero attached hydrogens (tertiary/aromatic N) is 3. The Morgan fingerprint density at radius 1 is 1.05 bits per heavy atom. The van der Waals surface area contributed by atoms with Crippen LogP contribution in [0.4, 0.5) is 17.6 Å². The first-order valence-electron chi connectivity index (χ1n) is 12.1. The van der Waals surface area contributed by atoms with Crippen molar-refractivity contribution in [3.05, 3.63) is 104 Å². The molecule has 0 amide bonds. The van der Waals surface area contributed by atoms with Crippen LogP contribution in [-0.4, -0.2) is 29.2 Å². The lowest BCUT2D eigenvalue weighted by Crippen LogP contribution is -2.24. The van der Waals surface area contributed by atoms with E-state index in [-0.39, 0.29) is 39.2 Å². The van der Waals surface area contributed by atoms with Gasteiger partial charge in [-0.3, -0.25) is 19.3 Å². The highest BCUT2D eigenvalue weighted by Gasteiger charge is 2.42. The maximum atomic E-state index is 16.0. The first-order valence-corrected chi connectivity index (χ1v) is 14.4. The van der Waals surface area contributed by atoms with Crippen LogP contribution in [0.15, 0.2) is 58.6 Å². The highest BCUT2D eigenvalue weighted by Crippen LogP contribution is 2.56. The van der Waals surface area contributed by atoms with E-state index in [0.29, 0.717) is 23.2 Å². The van der Waals surface area contributed by atoms with Crippen LogP contribution in [0.25, 0.3) is 16.9 Å². The molecule has 12 heteroatoms. The molecule has 0 saturated heterocycles. The molecule has 1 aromatic carbocycles. The molecule has 2 atom stereocenters. The second kappa shape index (κ2) is 10.1. The molecule has 0 N–H and O–H groups in total. The fourth-order valence-electron chi connectivity index (χ4n) is 4.99. The van der Waals surface area contributed by atoms with Crippen LogP contribution in [0, 0.1) is 25.5 Å². The highest BCUT2D eigenvalue weighted by molar-refractivity contribution is 7.90. The molecule has 0 radical (unpaired) electrons. The zero-order valence-electron chi connectivity index (χ0n) is 21.4. The Labute approximate surface area is 232 Å². The van der Waals surface area contributed by atoms with Gasteiger partial charge < -0.3 is 0 Å². The molecule has 3 heterocycles. The second-order valence-electron chi connectivity index (χ2n) is 9.84. The van der Waals surface area contributed by atoms with Gasteiger partial charge in [-0.15, -0.1) is 0 Å². The zero-order valence-corrected chi connectivity index (χ0v) is 23.0. The Balaban J connectivity index is 1.59. The van der Waals surface area contributed by atoms with E-state index >= 15 is 8.78 Å². The van der Waals surface area contributed by atoms with Crippen molar-refractivity contribution in [1.29, 1.82) is 0 Å². The highest BCUT2D eigenvalue weighted by atomic mass is 35.5. The summed E-state index contributed by atoms with van der Waals surface area (Å²) in [7, 11) is -3.94. The van der Waals surface area contributed by atoms with Gasteiger partial charge >= 0.3 is 0 Å². The number of benzene rings is 1. The van der Waals surface area contributed by atoms with Gasteiger partial charge in [0, 0.05) is 41.7 Å². The van der Waals surface area contributed by atoms with Crippen molar-refractivity contribution >= 4 is 21.4 Å². The molecule has 1 fully saturated rings. The summed E-state index contributed by atoms with van der Waals surface area (Å²) >= 11 is 6.51. The molecule has 1 unspecified atom stereocenters. The van der Waals surface area contributed by atoms with Crippen LogP contribution in [0.1, 0.15) is 52.6 Å². The number of halogens is 5. The Kier molecular flexibility index (Phi) is 7.08. The van der Waals surface area contributed by atoms with Crippen molar-refractivity contribution in [2.24, 2.45) is 0 Å². The van der Waals surface area contributed by atoms with E-state index in [4.69, 9.17) is 11.6 Å². The van der Waals surface area contributed by atoms with Gasteiger partial charge in [-0.05, 0) is 73.1 Å². The number of sulfone groups is 1. The Morgan fingerprint density at radius 3 is 2.45 bits per heavy atom. The third-order valence-corrected chi connectivity index (χ3v) is 8.52. The molecular weight excluding hydrogens is 570 g/mol. The van der Waals surface area contributed by atoms with Crippen LogP contribution in [0.3, 0.4) is 0 Å². The van der Waals surface area contributed by atoms with Crippen molar-refractivity contribution in [2.75, 3.05) is 6.26 Å². The van der Waals surface area contributed by atoms with Gasteiger partial charge in [0.15, 0.2) is 21.5 Å². The Bertz CT molecular complexity index is 1840. The predicted octanol–water partition coefficient (Wildman–Crippen LogP) is 6.46. The number of aromatic nitrogens is 3. The molecule has 1 saturated carbocycles. The van der Waals surface area contributed by atoms with Gasteiger partial charge in [0.2, 0.25) is 0 Å². The lowest BCUT2D eigenvalue weighted by Gasteiger charge is -2.18. The molecule has 3 aromatic heterocycles. The summed E-state index contributed by atoms with van der Waals surface area (Å²) in [6, 6.07) is 6.57. The summed E-state index contributed by atoms with van der Waals surface area (Å²) in [5.41, 5.74) is -0.254. The lowest BCUT2D eigenvalue weighted by atomic mass is 10.0. The number of alkyl halides is 2. The van der Waals surface area contributed by atoms with Crippen LogP contribution < -0.4 is 5.56 Å². The normalized spacial score (nSPS) is 16.9. The molecule has 1 aliphatic rings. The molecule has 4 aromatic rings. The van der Waals surface area contributed by atoms with Crippen LogP contribution in [0.2, 0.25) is 5.02 Å². The van der Waals surface area contributed by atoms with Crippen molar-refractivity contribution in [2.45, 2.75) is 43.4 Å². The fourth-order valence-corrected chi connectivity index (χ4v) is 6.04. The molecule has 0 spiro atoms. The van der Waals surface area contributed by atoms with E-state index in [0.717, 1.165) is 23.1 Å². The first-order chi connectivity index (χ1) is 18.8. The van der Waals surface area contributed by atoms with Crippen LogP contribution in [0.5, 0.6) is 0 Å². The van der Waals surface area contributed by atoms with E-state index in [1.807, 2.05) is 0 Å². The minimum atomic E-state index is -3.94. The van der Waals surface area contributed by atoms with Gasteiger partial charge in [-0.25, -0.2) is 26.0 Å². The van der Waals surface area contributed by atoms with E-state index in [1.165, 1.54) is 37.5 Å². The topological polar surface area (TPSA) is 81.9 Å². The summed E-state index contributed by atoms with van der Waals surface area (Å²) in [5.74, 6) is -2.56. The van der Waals surface area contributed by atoms with E-state index in [9.17, 15) is 22.0 Å².